The van der Waals surface area contributed by atoms with Gasteiger partial charge >= 0.3 is 0 Å². The van der Waals surface area contributed by atoms with E-state index in [0.29, 0.717) is 24.5 Å². The van der Waals surface area contributed by atoms with E-state index in [1.807, 2.05) is 48.5 Å². The molecule has 6 nitrogen and oxygen atoms in total. The molecule has 0 saturated heterocycles. The van der Waals surface area contributed by atoms with E-state index in [4.69, 9.17) is 14.0 Å². The van der Waals surface area contributed by atoms with Crippen molar-refractivity contribution < 1.29 is 18.8 Å². The standard InChI is InChI=1S/C21H22N2O4/c1-15-12-20(22-27-15)21(24)23(13-16-4-8-18(25-2)9-5-16)14-17-6-10-19(26-3)11-7-17/h4-12H,13-14H2,1-3H3. The number of methoxy groups -OCH3 is 2. The lowest BCUT2D eigenvalue weighted by atomic mass is 10.1. The van der Waals surface area contributed by atoms with Crippen molar-refractivity contribution in [2.75, 3.05) is 14.2 Å². The summed E-state index contributed by atoms with van der Waals surface area (Å²) in [5.41, 5.74) is 2.30. The summed E-state index contributed by atoms with van der Waals surface area (Å²) in [6.07, 6.45) is 0. The molecule has 0 radical (unpaired) electrons. The summed E-state index contributed by atoms with van der Waals surface area (Å²) < 4.78 is 15.5. The average molecular weight is 366 g/mol. The van der Waals surface area contributed by atoms with E-state index in [1.54, 1.807) is 32.1 Å². The fourth-order valence-electron chi connectivity index (χ4n) is 2.73. The molecule has 6 heteroatoms. The minimum atomic E-state index is -0.182. The van der Waals surface area contributed by atoms with Crippen LogP contribution < -0.4 is 9.47 Å². The fourth-order valence-corrected chi connectivity index (χ4v) is 2.73. The molecule has 0 N–H and O–H groups in total. The van der Waals surface area contributed by atoms with Crippen molar-refractivity contribution in [1.29, 1.82) is 0 Å². The third-order valence-electron chi connectivity index (χ3n) is 4.20. The Bertz CT molecular complexity index is 836. The average Bonchev–Trinajstić information content (AvgIpc) is 3.14. The van der Waals surface area contributed by atoms with Crippen LogP contribution in [0, 0.1) is 6.92 Å². The maximum Gasteiger partial charge on any atom is 0.276 e. The van der Waals surface area contributed by atoms with Gasteiger partial charge in [-0.2, -0.15) is 0 Å². The minimum Gasteiger partial charge on any atom is -0.497 e. The zero-order valence-electron chi connectivity index (χ0n) is 15.6. The number of hydrogen-bond donors (Lipinski definition) is 0. The number of ether oxygens (including phenoxy) is 2. The maximum absolute atomic E-state index is 13.0. The number of aromatic nitrogens is 1. The van der Waals surface area contributed by atoms with Gasteiger partial charge in [0.15, 0.2) is 5.69 Å². The lowest BCUT2D eigenvalue weighted by Gasteiger charge is -2.22. The van der Waals surface area contributed by atoms with Crippen molar-refractivity contribution >= 4 is 5.91 Å². The van der Waals surface area contributed by atoms with Gasteiger partial charge in [-0.15, -0.1) is 0 Å². The predicted molar refractivity (Wildman–Crippen MR) is 101 cm³/mol. The molecule has 27 heavy (non-hydrogen) atoms. The number of aryl methyl sites for hydroxylation is 1. The van der Waals surface area contributed by atoms with Crippen molar-refractivity contribution in [1.82, 2.24) is 10.1 Å². The first kappa shape index (κ1) is 18.5. The first-order valence-corrected chi connectivity index (χ1v) is 8.57. The maximum atomic E-state index is 13.0. The molecule has 1 aromatic heterocycles. The monoisotopic (exact) mass is 366 g/mol. The molecular weight excluding hydrogens is 344 g/mol. The van der Waals surface area contributed by atoms with E-state index in [9.17, 15) is 4.79 Å². The summed E-state index contributed by atoms with van der Waals surface area (Å²) >= 11 is 0. The van der Waals surface area contributed by atoms with E-state index >= 15 is 0 Å². The molecule has 0 saturated carbocycles. The van der Waals surface area contributed by atoms with E-state index in [0.717, 1.165) is 22.6 Å². The zero-order valence-corrected chi connectivity index (χ0v) is 15.6. The van der Waals surface area contributed by atoms with Gasteiger partial charge in [0.2, 0.25) is 0 Å². The molecule has 2 aromatic carbocycles. The van der Waals surface area contributed by atoms with Crippen LogP contribution in [-0.4, -0.2) is 30.2 Å². The van der Waals surface area contributed by atoms with Crippen LogP contribution in [0.25, 0.3) is 0 Å². The largest absolute Gasteiger partial charge is 0.497 e. The Hall–Kier alpha value is -3.28. The van der Waals surface area contributed by atoms with Gasteiger partial charge < -0.3 is 18.9 Å². The summed E-state index contributed by atoms with van der Waals surface area (Å²) in [5.74, 6) is 1.98. The second-order valence-corrected chi connectivity index (χ2v) is 6.18. The molecule has 0 atom stereocenters. The van der Waals surface area contributed by atoms with Crippen molar-refractivity contribution in [3.8, 4) is 11.5 Å². The van der Waals surface area contributed by atoms with Crippen molar-refractivity contribution in [2.24, 2.45) is 0 Å². The Kier molecular flexibility index (Phi) is 5.76. The Morgan fingerprint density at radius 3 is 1.78 bits per heavy atom. The summed E-state index contributed by atoms with van der Waals surface area (Å²) in [4.78, 5) is 14.7. The normalized spacial score (nSPS) is 10.5. The zero-order chi connectivity index (χ0) is 19.2. The number of benzene rings is 2. The molecule has 3 rings (SSSR count). The molecular formula is C21H22N2O4. The quantitative estimate of drug-likeness (QED) is 0.636. The summed E-state index contributed by atoms with van der Waals surface area (Å²) in [6.45, 7) is 2.66. The van der Waals surface area contributed by atoms with Crippen LogP contribution in [-0.2, 0) is 13.1 Å². The molecule has 0 aliphatic carbocycles. The number of carbonyl (C=O) groups is 1. The van der Waals surface area contributed by atoms with Crippen molar-refractivity contribution in [3.63, 3.8) is 0 Å². The van der Waals surface area contributed by atoms with Crippen molar-refractivity contribution in [2.45, 2.75) is 20.0 Å². The second-order valence-electron chi connectivity index (χ2n) is 6.18. The SMILES string of the molecule is COc1ccc(CN(Cc2ccc(OC)cc2)C(=O)c2cc(C)on2)cc1. The second kappa shape index (κ2) is 8.40. The van der Waals surface area contributed by atoms with E-state index in [-0.39, 0.29) is 5.91 Å². The Morgan fingerprint density at radius 1 is 0.926 bits per heavy atom. The molecule has 3 aromatic rings. The molecule has 140 valence electrons. The summed E-state index contributed by atoms with van der Waals surface area (Å²) in [6, 6.07) is 17.0. The van der Waals surface area contributed by atoms with Gasteiger partial charge in [-0.1, -0.05) is 29.4 Å². The lowest BCUT2D eigenvalue weighted by Crippen LogP contribution is -2.30. The summed E-state index contributed by atoms with van der Waals surface area (Å²) in [5, 5.41) is 3.87. The molecule has 1 amide bonds. The van der Waals surface area contributed by atoms with E-state index in [1.165, 1.54) is 0 Å². The first-order chi connectivity index (χ1) is 13.1. The third kappa shape index (κ3) is 4.67. The predicted octanol–water partition coefficient (Wildman–Crippen LogP) is 3.84. The molecule has 0 aliphatic heterocycles. The van der Waals surface area contributed by atoms with E-state index < -0.39 is 0 Å². The molecule has 0 spiro atoms. The van der Waals surface area contributed by atoms with Gasteiger partial charge in [0.25, 0.3) is 5.91 Å². The Morgan fingerprint density at radius 2 is 1.41 bits per heavy atom. The number of hydrogen-bond acceptors (Lipinski definition) is 5. The van der Waals surface area contributed by atoms with Crippen molar-refractivity contribution in [3.05, 3.63) is 77.2 Å². The number of rotatable bonds is 7. The number of amides is 1. The molecule has 0 aliphatic rings. The molecule has 0 unspecified atom stereocenters. The van der Waals surface area contributed by atoms with Gasteiger partial charge in [0.05, 0.1) is 14.2 Å². The van der Waals surface area contributed by atoms with E-state index in [2.05, 4.69) is 5.16 Å². The minimum absolute atomic E-state index is 0.182. The lowest BCUT2D eigenvalue weighted by molar-refractivity contribution is 0.0719. The molecule has 1 heterocycles. The van der Waals surface area contributed by atoms with Gasteiger partial charge in [-0.25, -0.2) is 0 Å². The van der Waals surface area contributed by atoms with Crippen LogP contribution in [0.2, 0.25) is 0 Å². The Balaban J connectivity index is 1.83. The summed E-state index contributed by atoms with van der Waals surface area (Å²) in [7, 11) is 3.25. The van der Waals surface area contributed by atoms with Crippen LogP contribution in [0.4, 0.5) is 0 Å². The van der Waals surface area contributed by atoms with Gasteiger partial charge in [0.1, 0.15) is 17.3 Å². The first-order valence-electron chi connectivity index (χ1n) is 8.57. The highest BCUT2D eigenvalue weighted by Crippen LogP contribution is 2.18. The topological polar surface area (TPSA) is 64.8 Å². The van der Waals surface area contributed by atoms with Crippen LogP contribution in [0.5, 0.6) is 11.5 Å². The number of nitrogens with zero attached hydrogens (tertiary/aromatic N) is 2. The number of carbonyl (C=O) groups excluding carboxylic acids is 1. The highest BCUT2D eigenvalue weighted by Gasteiger charge is 2.20. The molecule has 0 fully saturated rings. The van der Waals surface area contributed by atoms with Gasteiger partial charge in [-0.05, 0) is 42.3 Å². The van der Waals surface area contributed by atoms with Crippen LogP contribution in [0.15, 0.2) is 59.1 Å². The molecule has 0 bridgehead atoms. The third-order valence-corrected chi connectivity index (χ3v) is 4.20. The fraction of sp³-hybridized carbons (Fsp3) is 0.238. The highest BCUT2D eigenvalue weighted by molar-refractivity contribution is 5.92. The van der Waals surface area contributed by atoms with Crippen LogP contribution >= 0.6 is 0 Å². The van der Waals surface area contributed by atoms with Gasteiger partial charge in [0, 0.05) is 19.2 Å². The smallest absolute Gasteiger partial charge is 0.276 e. The van der Waals surface area contributed by atoms with Crippen LogP contribution in [0.3, 0.4) is 0 Å². The highest BCUT2D eigenvalue weighted by atomic mass is 16.5. The Labute approximate surface area is 158 Å². The van der Waals surface area contributed by atoms with Crippen LogP contribution in [0.1, 0.15) is 27.4 Å². The van der Waals surface area contributed by atoms with Gasteiger partial charge in [-0.3, -0.25) is 4.79 Å².